The largest absolute Gasteiger partial charge is 0.505 e. The van der Waals surface area contributed by atoms with E-state index in [9.17, 15) is 9.50 Å². The van der Waals surface area contributed by atoms with Crippen LogP contribution in [0.15, 0.2) is 30.4 Å². The first-order valence-corrected chi connectivity index (χ1v) is 4.39. The van der Waals surface area contributed by atoms with Gasteiger partial charge < -0.3 is 10.8 Å². The highest BCUT2D eigenvalue weighted by atomic mass is 19.1. The number of phenols is 1. The number of phenolic OH excluding ortho intramolecular Hbond substituents is 1. The van der Waals surface area contributed by atoms with Crippen LogP contribution in [0.2, 0.25) is 0 Å². The Kier molecular flexibility index (Phi) is 3.25. The van der Waals surface area contributed by atoms with Gasteiger partial charge in [-0.2, -0.15) is 0 Å². The minimum absolute atomic E-state index is 0.360. The van der Waals surface area contributed by atoms with Crippen molar-refractivity contribution in [3.05, 3.63) is 41.7 Å². The van der Waals surface area contributed by atoms with Gasteiger partial charge in [0.1, 0.15) is 0 Å². The summed E-state index contributed by atoms with van der Waals surface area (Å²) in [6, 6.07) is 3.95. The molecule has 1 aromatic rings. The Balaban J connectivity index is 2.95. The highest BCUT2D eigenvalue weighted by molar-refractivity contribution is 5.36. The minimum Gasteiger partial charge on any atom is -0.505 e. The van der Waals surface area contributed by atoms with Crippen LogP contribution in [0.1, 0.15) is 24.9 Å². The third kappa shape index (κ3) is 2.33. The maximum Gasteiger partial charge on any atom is 0.165 e. The number of benzene rings is 1. The first-order chi connectivity index (χ1) is 6.52. The lowest BCUT2D eigenvalue weighted by Crippen LogP contribution is -2.11. The van der Waals surface area contributed by atoms with Gasteiger partial charge in [-0.05, 0) is 19.4 Å². The molecule has 14 heavy (non-hydrogen) atoms. The average molecular weight is 195 g/mol. The van der Waals surface area contributed by atoms with Crippen LogP contribution < -0.4 is 5.73 Å². The van der Waals surface area contributed by atoms with E-state index in [4.69, 9.17) is 5.73 Å². The zero-order valence-electron chi connectivity index (χ0n) is 8.13. The molecule has 0 bridgehead atoms. The number of nitrogens with two attached hydrogens (primary N) is 1. The topological polar surface area (TPSA) is 46.2 Å². The van der Waals surface area contributed by atoms with Crippen molar-refractivity contribution in [2.75, 3.05) is 0 Å². The molecule has 1 rings (SSSR count). The van der Waals surface area contributed by atoms with Crippen molar-refractivity contribution in [3.63, 3.8) is 0 Å². The van der Waals surface area contributed by atoms with Crippen LogP contribution in [-0.4, -0.2) is 5.11 Å². The highest BCUT2D eigenvalue weighted by Crippen LogP contribution is 2.28. The number of hydrogen-bond donors (Lipinski definition) is 2. The predicted octanol–water partition coefficient (Wildman–Crippen LogP) is 2.50. The predicted molar refractivity (Wildman–Crippen MR) is 54.4 cm³/mol. The van der Waals surface area contributed by atoms with Gasteiger partial charge in [0, 0.05) is 11.6 Å². The van der Waals surface area contributed by atoms with Gasteiger partial charge in [0.15, 0.2) is 11.6 Å². The van der Waals surface area contributed by atoms with E-state index in [1.165, 1.54) is 12.1 Å². The van der Waals surface area contributed by atoms with Crippen molar-refractivity contribution in [3.8, 4) is 5.75 Å². The second-order valence-corrected chi connectivity index (χ2v) is 3.45. The Morgan fingerprint density at radius 1 is 1.64 bits per heavy atom. The maximum atomic E-state index is 12.9. The van der Waals surface area contributed by atoms with E-state index in [0.29, 0.717) is 12.0 Å². The summed E-state index contributed by atoms with van der Waals surface area (Å²) in [5.74, 6) is -0.999. The van der Waals surface area contributed by atoms with Crippen LogP contribution in [0.25, 0.3) is 0 Å². The van der Waals surface area contributed by atoms with Gasteiger partial charge in [0.05, 0.1) is 0 Å². The summed E-state index contributed by atoms with van der Waals surface area (Å²) in [6.45, 7) is 5.56. The van der Waals surface area contributed by atoms with Gasteiger partial charge in [-0.3, -0.25) is 0 Å². The fourth-order valence-electron chi connectivity index (χ4n) is 1.32. The van der Waals surface area contributed by atoms with E-state index in [1.54, 1.807) is 6.07 Å². The van der Waals surface area contributed by atoms with Crippen LogP contribution in [-0.2, 0) is 0 Å². The van der Waals surface area contributed by atoms with Crippen molar-refractivity contribution >= 4 is 0 Å². The number of para-hydroxylation sites is 1. The van der Waals surface area contributed by atoms with E-state index in [0.717, 1.165) is 5.57 Å². The molecule has 0 fully saturated rings. The Labute approximate surface area is 82.9 Å². The Bertz CT molecular complexity index is 349. The normalized spacial score (nSPS) is 12.5. The lowest BCUT2D eigenvalue weighted by atomic mass is 10.0. The molecule has 0 saturated carbocycles. The zero-order valence-corrected chi connectivity index (χ0v) is 8.13. The summed E-state index contributed by atoms with van der Waals surface area (Å²) in [5, 5.41) is 9.40. The molecule has 1 atom stereocenters. The monoisotopic (exact) mass is 195 g/mol. The maximum absolute atomic E-state index is 12.9. The van der Waals surface area contributed by atoms with Gasteiger partial charge in [0.25, 0.3) is 0 Å². The molecule has 0 unspecified atom stereocenters. The first-order valence-electron chi connectivity index (χ1n) is 4.39. The summed E-state index contributed by atoms with van der Waals surface area (Å²) in [5.41, 5.74) is 7.11. The number of aromatic hydroxyl groups is 1. The van der Waals surface area contributed by atoms with Crippen molar-refractivity contribution in [2.45, 2.75) is 19.4 Å². The Hall–Kier alpha value is -1.35. The van der Waals surface area contributed by atoms with E-state index in [2.05, 4.69) is 6.58 Å². The molecule has 0 radical (unpaired) electrons. The fraction of sp³-hybridized carbons (Fsp3) is 0.273. The molecule has 0 amide bonds. The number of halogens is 1. The molecule has 0 spiro atoms. The molecule has 0 aliphatic rings. The summed E-state index contributed by atoms with van der Waals surface area (Å²) in [7, 11) is 0. The fourth-order valence-corrected chi connectivity index (χ4v) is 1.32. The van der Waals surface area contributed by atoms with E-state index < -0.39 is 11.9 Å². The summed E-state index contributed by atoms with van der Waals surface area (Å²) in [6.07, 6.45) is 0.539. The molecule has 0 heterocycles. The van der Waals surface area contributed by atoms with E-state index >= 15 is 0 Å². The standard InChI is InChI=1S/C11H14FNO/c1-7(2)6-10(13)8-4-3-5-9(12)11(8)14/h3-5,10,14H,1,6,13H2,2H3/t10-/m1/s1. The van der Waals surface area contributed by atoms with Crippen LogP contribution in [0.5, 0.6) is 5.75 Å². The lowest BCUT2D eigenvalue weighted by molar-refractivity contribution is 0.420. The average Bonchev–Trinajstić information content (AvgIpc) is 2.08. The molecule has 2 nitrogen and oxygen atoms in total. The second-order valence-electron chi connectivity index (χ2n) is 3.45. The van der Waals surface area contributed by atoms with Crippen LogP contribution in [0, 0.1) is 5.82 Å². The van der Waals surface area contributed by atoms with Crippen molar-refractivity contribution in [2.24, 2.45) is 5.73 Å². The third-order valence-corrected chi connectivity index (χ3v) is 1.99. The number of rotatable bonds is 3. The van der Waals surface area contributed by atoms with Gasteiger partial charge >= 0.3 is 0 Å². The van der Waals surface area contributed by atoms with Gasteiger partial charge in [-0.1, -0.05) is 17.7 Å². The third-order valence-electron chi connectivity index (χ3n) is 1.99. The molecular weight excluding hydrogens is 181 g/mol. The van der Waals surface area contributed by atoms with Gasteiger partial charge in [-0.15, -0.1) is 6.58 Å². The molecule has 3 N–H and O–H groups in total. The molecule has 0 saturated heterocycles. The molecule has 76 valence electrons. The zero-order chi connectivity index (χ0) is 10.7. The number of hydrogen-bond acceptors (Lipinski definition) is 2. The quantitative estimate of drug-likeness (QED) is 0.728. The first kappa shape index (κ1) is 10.7. The van der Waals surface area contributed by atoms with Crippen molar-refractivity contribution in [1.29, 1.82) is 0 Å². The van der Waals surface area contributed by atoms with Crippen molar-refractivity contribution in [1.82, 2.24) is 0 Å². The SMILES string of the molecule is C=C(C)C[C@@H](N)c1cccc(F)c1O. The van der Waals surface area contributed by atoms with E-state index in [1.807, 2.05) is 6.92 Å². The van der Waals surface area contributed by atoms with Crippen LogP contribution in [0.3, 0.4) is 0 Å². The van der Waals surface area contributed by atoms with Crippen LogP contribution >= 0.6 is 0 Å². The van der Waals surface area contributed by atoms with Gasteiger partial charge in [0.2, 0.25) is 0 Å². The summed E-state index contributed by atoms with van der Waals surface area (Å²) < 4.78 is 12.9. The summed E-state index contributed by atoms with van der Waals surface area (Å²) >= 11 is 0. The van der Waals surface area contributed by atoms with E-state index in [-0.39, 0.29) is 5.75 Å². The molecule has 1 aromatic carbocycles. The smallest absolute Gasteiger partial charge is 0.165 e. The Morgan fingerprint density at radius 3 is 2.86 bits per heavy atom. The highest BCUT2D eigenvalue weighted by Gasteiger charge is 2.13. The molecule has 3 heteroatoms. The lowest BCUT2D eigenvalue weighted by Gasteiger charge is -2.13. The molecule has 0 aliphatic heterocycles. The molecule has 0 aliphatic carbocycles. The van der Waals surface area contributed by atoms with Crippen LogP contribution in [0.4, 0.5) is 4.39 Å². The summed E-state index contributed by atoms with van der Waals surface area (Å²) in [4.78, 5) is 0. The minimum atomic E-state index is -0.639. The molecule has 0 aromatic heterocycles. The molecular formula is C11H14FNO. The second kappa shape index (κ2) is 4.24. The van der Waals surface area contributed by atoms with Crippen molar-refractivity contribution < 1.29 is 9.50 Å². The Morgan fingerprint density at radius 2 is 2.29 bits per heavy atom. The van der Waals surface area contributed by atoms with Gasteiger partial charge in [-0.25, -0.2) is 4.39 Å².